The van der Waals surface area contributed by atoms with Gasteiger partial charge >= 0.3 is 0 Å². The van der Waals surface area contributed by atoms with Gasteiger partial charge in [0.2, 0.25) is 5.88 Å². The van der Waals surface area contributed by atoms with E-state index in [0.29, 0.717) is 23.9 Å². The predicted octanol–water partition coefficient (Wildman–Crippen LogP) is 1.02. The molecule has 0 bridgehead atoms. The highest BCUT2D eigenvalue weighted by atomic mass is 16.5. The SMILES string of the molecule is COc1ccc(-c2nc(C)c(CN)c(C)n2)nn1. The molecule has 0 saturated heterocycles. The molecule has 0 unspecified atom stereocenters. The highest BCUT2D eigenvalue weighted by Gasteiger charge is 2.10. The number of ether oxygens (including phenoxy) is 1. The van der Waals surface area contributed by atoms with Gasteiger partial charge in [0.15, 0.2) is 5.82 Å². The maximum Gasteiger partial charge on any atom is 0.233 e. The molecule has 2 aromatic rings. The third kappa shape index (κ3) is 2.28. The summed E-state index contributed by atoms with van der Waals surface area (Å²) in [6.07, 6.45) is 0. The van der Waals surface area contributed by atoms with Crippen molar-refractivity contribution in [1.82, 2.24) is 20.2 Å². The zero-order chi connectivity index (χ0) is 13.1. The van der Waals surface area contributed by atoms with E-state index in [2.05, 4.69) is 20.2 Å². The summed E-state index contributed by atoms with van der Waals surface area (Å²) in [7, 11) is 1.55. The van der Waals surface area contributed by atoms with Crippen molar-refractivity contribution in [3.8, 4) is 17.4 Å². The van der Waals surface area contributed by atoms with Crippen LogP contribution < -0.4 is 10.5 Å². The molecule has 2 rings (SSSR count). The fourth-order valence-electron chi connectivity index (χ4n) is 1.70. The van der Waals surface area contributed by atoms with E-state index in [1.807, 2.05) is 13.8 Å². The Labute approximate surface area is 105 Å². The maximum atomic E-state index is 5.65. The summed E-state index contributed by atoms with van der Waals surface area (Å²) in [5.41, 5.74) is 8.99. The van der Waals surface area contributed by atoms with Crippen LogP contribution in [0.5, 0.6) is 5.88 Å². The van der Waals surface area contributed by atoms with Crippen LogP contribution in [0.2, 0.25) is 0 Å². The molecular formula is C12H15N5O. The molecule has 6 heteroatoms. The van der Waals surface area contributed by atoms with Gasteiger partial charge in [0.1, 0.15) is 5.69 Å². The molecule has 0 aliphatic carbocycles. The second-order valence-corrected chi connectivity index (χ2v) is 3.86. The van der Waals surface area contributed by atoms with Crippen molar-refractivity contribution >= 4 is 0 Å². The van der Waals surface area contributed by atoms with Gasteiger partial charge in [-0.3, -0.25) is 0 Å². The molecule has 94 valence electrons. The third-order valence-corrected chi connectivity index (χ3v) is 2.70. The van der Waals surface area contributed by atoms with Gasteiger partial charge in [-0.2, -0.15) is 0 Å². The summed E-state index contributed by atoms with van der Waals surface area (Å²) in [6, 6.07) is 3.51. The minimum atomic E-state index is 0.437. The van der Waals surface area contributed by atoms with Crippen LogP contribution in [0.15, 0.2) is 12.1 Å². The molecule has 0 amide bonds. The first kappa shape index (κ1) is 12.4. The standard InChI is InChI=1S/C12H15N5O/c1-7-9(6-13)8(2)15-12(14-7)10-4-5-11(18-3)17-16-10/h4-5H,6,13H2,1-3H3. The van der Waals surface area contributed by atoms with E-state index in [4.69, 9.17) is 10.5 Å². The van der Waals surface area contributed by atoms with Crippen molar-refractivity contribution in [3.63, 3.8) is 0 Å². The van der Waals surface area contributed by atoms with Crippen molar-refractivity contribution in [2.24, 2.45) is 5.73 Å². The number of nitrogens with zero attached hydrogens (tertiary/aromatic N) is 4. The predicted molar refractivity (Wildman–Crippen MR) is 67.0 cm³/mol. The fourth-order valence-corrected chi connectivity index (χ4v) is 1.70. The largest absolute Gasteiger partial charge is 0.480 e. The Balaban J connectivity index is 2.44. The van der Waals surface area contributed by atoms with Gasteiger partial charge in [-0.05, 0) is 19.9 Å². The lowest BCUT2D eigenvalue weighted by Crippen LogP contribution is -2.08. The lowest BCUT2D eigenvalue weighted by atomic mass is 10.1. The third-order valence-electron chi connectivity index (χ3n) is 2.70. The van der Waals surface area contributed by atoms with Crippen LogP contribution in [0.1, 0.15) is 17.0 Å². The lowest BCUT2D eigenvalue weighted by Gasteiger charge is -2.08. The van der Waals surface area contributed by atoms with Crippen LogP contribution in [-0.4, -0.2) is 27.3 Å². The molecule has 0 radical (unpaired) electrons. The molecule has 0 spiro atoms. The van der Waals surface area contributed by atoms with Crippen molar-refractivity contribution < 1.29 is 4.74 Å². The van der Waals surface area contributed by atoms with E-state index in [1.54, 1.807) is 19.2 Å². The first-order chi connectivity index (χ1) is 8.65. The first-order valence-corrected chi connectivity index (χ1v) is 5.58. The minimum absolute atomic E-state index is 0.437. The van der Waals surface area contributed by atoms with Crippen molar-refractivity contribution in [1.29, 1.82) is 0 Å². The number of aromatic nitrogens is 4. The average Bonchev–Trinajstić information content (AvgIpc) is 2.38. The van der Waals surface area contributed by atoms with Gasteiger partial charge < -0.3 is 10.5 Å². The number of methoxy groups -OCH3 is 1. The first-order valence-electron chi connectivity index (χ1n) is 5.58. The Morgan fingerprint density at radius 3 is 2.22 bits per heavy atom. The molecule has 0 aliphatic rings. The van der Waals surface area contributed by atoms with Gasteiger partial charge in [0, 0.05) is 29.6 Å². The van der Waals surface area contributed by atoms with Crippen LogP contribution in [0.25, 0.3) is 11.5 Å². The Morgan fingerprint density at radius 2 is 1.78 bits per heavy atom. The molecule has 2 N–H and O–H groups in total. The van der Waals surface area contributed by atoms with Gasteiger partial charge in [0.25, 0.3) is 0 Å². The average molecular weight is 245 g/mol. The normalized spacial score (nSPS) is 10.4. The van der Waals surface area contributed by atoms with Crippen LogP contribution >= 0.6 is 0 Å². The van der Waals surface area contributed by atoms with Crippen molar-refractivity contribution in [2.45, 2.75) is 20.4 Å². The van der Waals surface area contributed by atoms with Gasteiger partial charge in [0.05, 0.1) is 7.11 Å². The second-order valence-electron chi connectivity index (χ2n) is 3.86. The number of nitrogens with two attached hydrogens (primary N) is 1. The minimum Gasteiger partial charge on any atom is -0.480 e. The van der Waals surface area contributed by atoms with Crippen LogP contribution in [0, 0.1) is 13.8 Å². The molecule has 2 heterocycles. The molecule has 0 atom stereocenters. The number of hydrogen-bond donors (Lipinski definition) is 1. The van der Waals surface area contributed by atoms with Gasteiger partial charge in [-0.25, -0.2) is 9.97 Å². The van der Waals surface area contributed by atoms with Gasteiger partial charge in [-0.15, -0.1) is 10.2 Å². The number of hydrogen-bond acceptors (Lipinski definition) is 6. The molecule has 0 fully saturated rings. The topological polar surface area (TPSA) is 86.8 Å². The van der Waals surface area contributed by atoms with Crippen molar-refractivity contribution in [3.05, 3.63) is 29.1 Å². The summed E-state index contributed by atoms with van der Waals surface area (Å²) >= 11 is 0. The maximum absolute atomic E-state index is 5.65. The smallest absolute Gasteiger partial charge is 0.233 e. The van der Waals surface area contributed by atoms with Gasteiger partial charge in [-0.1, -0.05) is 0 Å². The van der Waals surface area contributed by atoms with E-state index in [1.165, 1.54) is 0 Å². The van der Waals surface area contributed by atoms with E-state index < -0.39 is 0 Å². The zero-order valence-corrected chi connectivity index (χ0v) is 10.6. The molecule has 0 saturated carbocycles. The number of aryl methyl sites for hydroxylation is 2. The Hall–Kier alpha value is -2.08. The summed E-state index contributed by atoms with van der Waals surface area (Å²) in [5.74, 6) is 1.02. The van der Waals surface area contributed by atoms with E-state index >= 15 is 0 Å². The second kappa shape index (κ2) is 5.05. The quantitative estimate of drug-likeness (QED) is 0.868. The Bertz CT molecular complexity index is 530. The summed E-state index contributed by atoms with van der Waals surface area (Å²) in [6.45, 7) is 4.26. The lowest BCUT2D eigenvalue weighted by molar-refractivity contribution is 0.392. The summed E-state index contributed by atoms with van der Waals surface area (Å²) < 4.78 is 4.96. The fraction of sp³-hybridized carbons (Fsp3) is 0.333. The molecule has 2 aromatic heterocycles. The highest BCUT2D eigenvalue weighted by Crippen LogP contribution is 2.17. The Morgan fingerprint density at radius 1 is 1.11 bits per heavy atom. The molecule has 0 aromatic carbocycles. The molecule has 18 heavy (non-hydrogen) atoms. The van der Waals surface area contributed by atoms with E-state index in [0.717, 1.165) is 17.0 Å². The number of rotatable bonds is 3. The van der Waals surface area contributed by atoms with E-state index in [-0.39, 0.29) is 0 Å². The summed E-state index contributed by atoms with van der Waals surface area (Å²) in [5, 5.41) is 7.92. The van der Waals surface area contributed by atoms with Crippen LogP contribution in [0.4, 0.5) is 0 Å². The van der Waals surface area contributed by atoms with E-state index in [9.17, 15) is 0 Å². The summed E-state index contributed by atoms with van der Waals surface area (Å²) in [4.78, 5) is 8.79. The molecule has 6 nitrogen and oxygen atoms in total. The van der Waals surface area contributed by atoms with Crippen molar-refractivity contribution in [2.75, 3.05) is 7.11 Å². The zero-order valence-electron chi connectivity index (χ0n) is 10.6. The molecular weight excluding hydrogens is 230 g/mol. The van der Waals surface area contributed by atoms with Crippen LogP contribution in [0.3, 0.4) is 0 Å². The Kier molecular flexibility index (Phi) is 3.47. The monoisotopic (exact) mass is 245 g/mol. The van der Waals surface area contributed by atoms with Crippen LogP contribution in [-0.2, 0) is 6.54 Å². The highest BCUT2D eigenvalue weighted by molar-refractivity contribution is 5.50. The molecule has 0 aliphatic heterocycles.